The van der Waals surface area contributed by atoms with Gasteiger partial charge < -0.3 is 4.74 Å². The number of hydrogen-bond acceptors (Lipinski definition) is 3. The van der Waals surface area contributed by atoms with E-state index in [0.29, 0.717) is 0 Å². The predicted octanol–water partition coefficient (Wildman–Crippen LogP) is 4.20. The highest BCUT2D eigenvalue weighted by atomic mass is 79.9. The highest BCUT2D eigenvalue weighted by Gasteiger charge is 2.25. The third kappa shape index (κ3) is 3.63. The van der Waals surface area contributed by atoms with Crippen molar-refractivity contribution in [2.24, 2.45) is 0 Å². The van der Waals surface area contributed by atoms with Crippen LogP contribution in [0.25, 0.3) is 0 Å². The van der Waals surface area contributed by atoms with Crippen molar-refractivity contribution in [2.75, 3.05) is 13.1 Å². The molecule has 3 nitrogen and oxygen atoms in total. The van der Waals surface area contributed by atoms with E-state index in [-0.39, 0.29) is 6.23 Å². The highest BCUT2D eigenvalue weighted by molar-refractivity contribution is 9.10. The molecule has 0 amide bonds. The Kier molecular flexibility index (Phi) is 4.56. The van der Waals surface area contributed by atoms with E-state index in [0.717, 1.165) is 34.4 Å². The fourth-order valence-electron chi connectivity index (χ4n) is 2.66. The maximum absolute atomic E-state index is 6.23. The summed E-state index contributed by atoms with van der Waals surface area (Å²) in [6.45, 7) is 6.14. The molecular weight excluding hydrogens is 328 g/mol. The van der Waals surface area contributed by atoms with Crippen LogP contribution in [-0.2, 0) is 0 Å². The van der Waals surface area contributed by atoms with Crippen LogP contribution in [0.4, 0.5) is 0 Å². The first-order valence-electron chi connectivity index (χ1n) is 7.15. The topological polar surface area (TPSA) is 25.4 Å². The Hall–Kier alpha value is -1.39. The van der Waals surface area contributed by atoms with Gasteiger partial charge in [0, 0.05) is 29.3 Å². The monoisotopic (exact) mass is 345 g/mol. The Bertz CT molecular complexity index is 611. The number of ether oxygens (including phenoxy) is 1. The van der Waals surface area contributed by atoms with Gasteiger partial charge >= 0.3 is 0 Å². The number of hydrogen-bond donors (Lipinski definition) is 0. The van der Waals surface area contributed by atoms with E-state index in [1.807, 2.05) is 18.2 Å². The fourth-order valence-corrected chi connectivity index (χ4v) is 3.01. The maximum atomic E-state index is 6.23. The fraction of sp³-hybridized carbons (Fsp3) is 0.294. The first-order valence-corrected chi connectivity index (χ1v) is 7.95. The van der Waals surface area contributed by atoms with Gasteiger partial charge in [-0.1, -0.05) is 24.3 Å². The minimum atomic E-state index is -0.0784. The number of rotatable bonds is 4. The molecule has 0 spiro atoms. The molecule has 0 saturated carbocycles. The van der Waals surface area contributed by atoms with E-state index in [1.54, 1.807) is 12.4 Å². The summed E-state index contributed by atoms with van der Waals surface area (Å²) in [5.74, 6) is 0.774. The van der Waals surface area contributed by atoms with Crippen molar-refractivity contribution in [1.29, 1.82) is 0 Å². The molecule has 1 fully saturated rings. The van der Waals surface area contributed by atoms with Crippen molar-refractivity contribution in [1.82, 2.24) is 9.88 Å². The van der Waals surface area contributed by atoms with E-state index in [2.05, 4.69) is 44.9 Å². The van der Waals surface area contributed by atoms with Crippen LogP contribution in [0.3, 0.4) is 0 Å². The summed E-state index contributed by atoms with van der Waals surface area (Å²) in [5, 5.41) is 0. The predicted molar refractivity (Wildman–Crippen MR) is 87.0 cm³/mol. The van der Waals surface area contributed by atoms with Gasteiger partial charge in [0.05, 0.1) is 6.20 Å². The van der Waals surface area contributed by atoms with Crippen molar-refractivity contribution in [3.8, 4) is 5.75 Å². The van der Waals surface area contributed by atoms with Crippen molar-refractivity contribution in [3.63, 3.8) is 0 Å². The third-order valence-corrected chi connectivity index (χ3v) is 4.07. The zero-order chi connectivity index (χ0) is 14.7. The van der Waals surface area contributed by atoms with E-state index >= 15 is 0 Å². The number of nitrogens with zero attached hydrogens (tertiary/aromatic N) is 2. The quantitative estimate of drug-likeness (QED) is 0.830. The van der Waals surface area contributed by atoms with Crippen LogP contribution >= 0.6 is 15.9 Å². The average molecular weight is 346 g/mol. The largest absolute Gasteiger partial charge is 0.469 e. The van der Waals surface area contributed by atoms with E-state index < -0.39 is 0 Å². The van der Waals surface area contributed by atoms with Gasteiger partial charge in [-0.25, -0.2) is 0 Å². The molecule has 4 heteroatoms. The van der Waals surface area contributed by atoms with Crippen molar-refractivity contribution < 1.29 is 4.74 Å². The molecule has 1 aliphatic heterocycles. The molecule has 2 aromatic rings. The van der Waals surface area contributed by atoms with E-state index in [1.165, 1.54) is 12.8 Å². The van der Waals surface area contributed by atoms with Gasteiger partial charge in [0.1, 0.15) is 5.75 Å². The van der Waals surface area contributed by atoms with Crippen LogP contribution in [0.2, 0.25) is 0 Å². The minimum absolute atomic E-state index is 0.0784. The third-order valence-electron chi connectivity index (χ3n) is 3.64. The zero-order valence-electron chi connectivity index (χ0n) is 11.8. The molecule has 0 N–H and O–H groups in total. The Morgan fingerprint density at radius 1 is 1.19 bits per heavy atom. The second-order valence-electron chi connectivity index (χ2n) is 5.30. The Morgan fingerprint density at radius 2 is 2.00 bits per heavy atom. The number of benzene rings is 1. The molecule has 0 aliphatic carbocycles. The van der Waals surface area contributed by atoms with Crippen LogP contribution < -0.4 is 4.74 Å². The van der Waals surface area contributed by atoms with E-state index in [4.69, 9.17) is 4.74 Å². The molecule has 109 valence electrons. The molecule has 21 heavy (non-hydrogen) atoms. The average Bonchev–Trinajstić information content (AvgIpc) is 2.99. The van der Waals surface area contributed by atoms with Crippen LogP contribution in [0.15, 0.2) is 47.2 Å². The molecule has 1 unspecified atom stereocenters. The standard InChI is InChI=1S/C17H18BrN2O/c1-13-5-4-6-14(9-13)17(20-7-2-3-8-20)21-16-10-15(18)11-19-12-16/h4-6,9-12,17H,1-3,7-8H2. The summed E-state index contributed by atoms with van der Waals surface area (Å²) in [6.07, 6.45) is 5.88. The first-order chi connectivity index (χ1) is 10.2. The number of halogens is 1. The van der Waals surface area contributed by atoms with Crippen LogP contribution in [-0.4, -0.2) is 23.0 Å². The molecule has 1 aliphatic rings. The Morgan fingerprint density at radius 3 is 2.71 bits per heavy atom. The Labute approximate surface area is 134 Å². The zero-order valence-corrected chi connectivity index (χ0v) is 13.4. The van der Waals surface area contributed by atoms with Gasteiger partial charge in [-0.3, -0.25) is 9.88 Å². The van der Waals surface area contributed by atoms with Crippen molar-refractivity contribution in [3.05, 3.63) is 65.2 Å². The van der Waals surface area contributed by atoms with Crippen LogP contribution in [0.1, 0.15) is 30.2 Å². The number of pyridine rings is 1. The second kappa shape index (κ2) is 6.58. The summed E-state index contributed by atoms with van der Waals surface area (Å²) in [4.78, 5) is 6.54. The summed E-state index contributed by atoms with van der Waals surface area (Å²) in [7, 11) is 0. The number of likely N-dealkylation sites (tertiary alicyclic amines) is 1. The molecule has 2 heterocycles. The highest BCUT2D eigenvalue weighted by Crippen LogP contribution is 2.29. The maximum Gasteiger partial charge on any atom is 0.179 e. The lowest BCUT2D eigenvalue weighted by atomic mass is 10.1. The Balaban J connectivity index is 1.88. The van der Waals surface area contributed by atoms with Gasteiger partial charge in [-0.15, -0.1) is 0 Å². The minimum Gasteiger partial charge on any atom is -0.469 e. The lowest BCUT2D eigenvalue weighted by Gasteiger charge is -2.28. The second-order valence-corrected chi connectivity index (χ2v) is 6.21. The molecule has 1 radical (unpaired) electrons. The van der Waals surface area contributed by atoms with Gasteiger partial charge in [-0.05, 0) is 47.3 Å². The number of aromatic nitrogens is 1. The van der Waals surface area contributed by atoms with Gasteiger partial charge in [0.2, 0.25) is 0 Å². The smallest absolute Gasteiger partial charge is 0.179 e. The lowest BCUT2D eigenvalue weighted by molar-refractivity contribution is 0.0417. The molecule has 3 rings (SSSR count). The molecule has 0 bridgehead atoms. The summed E-state index contributed by atoms with van der Waals surface area (Å²) in [5.41, 5.74) is 2.15. The molecular formula is C17H18BrN2O. The molecule has 1 aromatic carbocycles. The van der Waals surface area contributed by atoms with Gasteiger partial charge in [0.25, 0.3) is 0 Å². The lowest BCUT2D eigenvalue weighted by Crippen LogP contribution is -2.30. The summed E-state index contributed by atoms with van der Waals surface area (Å²) in [6, 6.07) is 10.2. The molecule has 1 saturated heterocycles. The van der Waals surface area contributed by atoms with Crippen molar-refractivity contribution >= 4 is 15.9 Å². The van der Waals surface area contributed by atoms with E-state index in [9.17, 15) is 0 Å². The summed E-state index contributed by atoms with van der Waals surface area (Å²) >= 11 is 3.44. The van der Waals surface area contributed by atoms with Crippen LogP contribution in [0.5, 0.6) is 5.75 Å². The molecule has 1 aromatic heterocycles. The van der Waals surface area contributed by atoms with Gasteiger partial charge in [-0.2, -0.15) is 0 Å². The van der Waals surface area contributed by atoms with Gasteiger partial charge in [0.15, 0.2) is 6.23 Å². The van der Waals surface area contributed by atoms with Crippen LogP contribution in [0, 0.1) is 6.92 Å². The first kappa shape index (κ1) is 14.5. The SMILES string of the molecule is [CH2]c1cccc(C(Oc2cncc(Br)c2)N2CCCC2)c1. The molecule has 1 atom stereocenters. The summed E-state index contributed by atoms with van der Waals surface area (Å²) < 4.78 is 7.15. The van der Waals surface area contributed by atoms with Crippen molar-refractivity contribution in [2.45, 2.75) is 19.1 Å². The normalized spacial score (nSPS) is 16.9.